The molecule has 0 saturated carbocycles. The molecule has 0 bridgehead atoms. The number of hydrogen-bond donors (Lipinski definition) is 1. The lowest BCUT2D eigenvalue weighted by molar-refractivity contribution is 0.205. The summed E-state index contributed by atoms with van der Waals surface area (Å²) < 4.78 is 5.91. The van der Waals surface area contributed by atoms with Crippen molar-refractivity contribution in [2.75, 3.05) is 0 Å². The molecule has 0 aliphatic rings. The van der Waals surface area contributed by atoms with E-state index in [4.69, 9.17) is 22.7 Å². The SMILES string of the molecule is CCC(CC(N)=S)Oc1ccc(C(C)(C)CC)cc1. The summed E-state index contributed by atoms with van der Waals surface area (Å²) >= 11 is 4.94. The van der Waals surface area contributed by atoms with Gasteiger partial charge in [-0.2, -0.15) is 0 Å². The van der Waals surface area contributed by atoms with Crippen molar-refractivity contribution in [1.82, 2.24) is 0 Å². The largest absolute Gasteiger partial charge is 0.490 e. The van der Waals surface area contributed by atoms with E-state index >= 15 is 0 Å². The highest BCUT2D eigenvalue weighted by atomic mass is 32.1. The lowest BCUT2D eigenvalue weighted by Gasteiger charge is -2.24. The number of rotatable bonds is 7. The van der Waals surface area contributed by atoms with Gasteiger partial charge in [0.1, 0.15) is 11.9 Å². The van der Waals surface area contributed by atoms with Crippen LogP contribution in [-0.4, -0.2) is 11.1 Å². The van der Waals surface area contributed by atoms with Crippen LogP contribution in [0.2, 0.25) is 0 Å². The molecule has 1 rings (SSSR count). The van der Waals surface area contributed by atoms with Gasteiger partial charge in [0.05, 0.1) is 4.99 Å². The predicted octanol–water partition coefficient (Wildman–Crippen LogP) is 4.21. The first-order chi connectivity index (χ1) is 8.89. The number of benzene rings is 1. The van der Waals surface area contributed by atoms with Crippen molar-refractivity contribution in [2.45, 2.75) is 58.5 Å². The molecule has 3 heteroatoms. The van der Waals surface area contributed by atoms with Gasteiger partial charge in [0.25, 0.3) is 0 Å². The van der Waals surface area contributed by atoms with Gasteiger partial charge in [-0.25, -0.2) is 0 Å². The quantitative estimate of drug-likeness (QED) is 0.759. The number of nitrogens with two attached hydrogens (primary N) is 1. The molecule has 1 aromatic rings. The second-order valence-electron chi connectivity index (χ2n) is 5.58. The minimum atomic E-state index is 0.0718. The minimum Gasteiger partial charge on any atom is -0.490 e. The van der Waals surface area contributed by atoms with Crippen LogP contribution in [0.25, 0.3) is 0 Å². The molecule has 0 fully saturated rings. The molecular formula is C16H25NOS. The molecule has 19 heavy (non-hydrogen) atoms. The van der Waals surface area contributed by atoms with E-state index in [0.29, 0.717) is 11.4 Å². The summed E-state index contributed by atoms with van der Waals surface area (Å²) in [6.45, 7) is 8.80. The third-order valence-corrected chi connectivity index (χ3v) is 3.87. The maximum Gasteiger partial charge on any atom is 0.119 e. The fourth-order valence-corrected chi connectivity index (χ4v) is 2.06. The Labute approximate surface area is 122 Å². The molecule has 0 aromatic heterocycles. The van der Waals surface area contributed by atoms with E-state index in [1.54, 1.807) is 0 Å². The topological polar surface area (TPSA) is 35.2 Å². The van der Waals surface area contributed by atoms with E-state index in [9.17, 15) is 0 Å². The molecule has 0 saturated heterocycles. The van der Waals surface area contributed by atoms with E-state index in [1.165, 1.54) is 5.56 Å². The third kappa shape index (κ3) is 4.83. The van der Waals surface area contributed by atoms with Gasteiger partial charge in [-0.3, -0.25) is 0 Å². The molecule has 0 spiro atoms. The van der Waals surface area contributed by atoms with Crippen molar-refractivity contribution in [3.8, 4) is 5.75 Å². The zero-order chi connectivity index (χ0) is 14.5. The highest BCUT2D eigenvalue weighted by molar-refractivity contribution is 7.80. The molecule has 0 aliphatic carbocycles. The van der Waals surface area contributed by atoms with Gasteiger partial charge in [0.15, 0.2) is 0 Å². The predicted molar refractivity (Wildman–Crippen MR) is 85.9 cm³/mol. The van der Waals surface area contributed by atoms with Crippen LogP contribution in [0.5, 0.6) is 5.75 Å². The van der Waals surface area contributed by atoms with E-state index in [1.807, 2.05) is 12.1 Å². The van der Waals surface area contributed by atoms with Crippen molar-refractivity contribution in [3.63, 3.8) is 0 Å². The van der Waals surface area contributed by atoms with Crippen molar-refractivity contribution in [2.24, 2.45) is 5.73 Å². The van der Waals surface area contributed by atoms with Crippen LogP contribution in [0.3, 0.4) is 0 Å². The fourth-order valence-electron chi connectivity index (χ4n) is 1.87. The molecule has 0 amide bonds. The van der Waals surface area contributed by atoms with Crippen LogP contribution < -0.4 is 10.5 Å². The average molecular weight is 279 g/mol. The maximum atomic E-state index is 5.91. The third-order valence-electron chi connectivity index (χ3n) is 3.71. The molecule has 1 atom stereocenters. The molecule has 1 aromatic carbocycles. The van der Waals surface area contributed by atoms with Crippen LogP contribution in [0.4, 0.5) is 0 Å². The van der Waals surface area contributed by atoms with E-state index in [0.717, 1.165) is 18.6 Å². The second-order valence-corrected chi connectivity index (χ2v) is 6.10. The Balaban J connectivity index is 2.73. The number of ether oxygens (including phenoxy) is 1. The maximum absolute atomic E-state index is 5.91. The Morgan fingerprint density at radius 2 is 1.84 bits per heavy atom. The van der Waals surface area contributed by atoms with Crippen LogP contribution >= 0.6 is 12.2 Å². The van der Waals surface area contributed by atoms with Crippen LogP contribution in [-0.2, 0) is 5.41 Å². The first-order valence-electron chi connectivity index (χ1n) is 6.94. The zero-order valence-electron chi connectivity index (χ0n) is 12.4. The average Bonchev–Trinajstić information content (AvgIpc) is 2.38. The normalized spacial score (nSPS) is 13.1. The number of thiocarbonyl (C=S) groups is 1. The van der Waals surface area contributed by atoms with Crippen LogP contribution in [0, 0.1) is 0 Å². The Kier molecular flexibility index (Phi) is 5.80. The van der Waals surface area contributed by atoms with E-state index in [-0.39, 0.29) is 11.5 Å². The van der Waals surface area contributed by atoms with E-state index in [2.05, 4.69) is 39.8 Å². The molecule has 106 valence electrons. The summed E-state index contributed by atoms with van der Waals surface area (Å²) in [6, 6.07) is 8.36. The van der Waals surface area contributed by atoms with Gasteiger partial charge in [-0.05, 0) is 36.0 Å². The van der Waals surface area contributed by atoms with Crippen molar-refractivity contribution >= 4 is 17.2 Å². The summed E-state index contributed by atoms with van der Waals surface area (Å²) in [5.74, 6) is 0.888. The van der Waals surface area contributed by atoms with E-state index < -0.39 is 0 Å². The molecule has 0 radical (unpaired) electrons. The van der Waals surface area contributed by atoms with Gasteiger partial charge < -0.3 is 10.5 Å². The molecule has 0 aliphatic heterocycles. The monoisotopic (exact) mass is 279 g/mol. The highest BCUT2D eigenvalue weighted by Crippen LogP contribution is 2.28. The molecule has 2 nitrogen and oxygen atoms in total. The Hall–Kier alpha value is -1.09. The van der Waals surface area contributed by atoms with Crippen molar-refractivity contribution in [1.29, 1.82) is 0 Å². The van der Waals surface area contributed by atoms with Gasteiger partial charge >= 0.3 is 0 Å². The lowest BCUT2D eigenvalue weighted by Crippen LogP contribution is -2.23. The number of hydrogen-bond acceptors (Lipinski definition) is 2. The summed E-state index contributed by atoms with van der Waals surface area (Å²) in [5, 5.41) is 0. The standard InChI is InChI=1S/C16H25NOS/c1-5-13(11-15(17)19)18-14-9-7-12(8-10-14)16(3,4)6-2/h7-10,13H,5-6,11H2,1-4H3,(H2,17,19). The second kappa shape index (κ2) is 6.90. The smallest absolute Gasteiger partial charge is 0.119 e. The fraction of sp³-hybridized carbons (Fsp3) is 0.562. The van der Waals surface area contributed by atoms with Gasteiger partial charge in [-0.1, -0.05) is 52.0 Å². The molecule has 2 N–H and O–H groups in total. The Morgan fingerprint density at radius 3 is 2.26 bits per heavy atom. The van der Waals surface area contributed by atoms with Crippen LogP contribution in [0.15, 0.2) is 24.3 Å². The first-order valence-corrected chi connectivity index (χ1v) is 7.35. The van der Waals surface area contributed by atoms with Crippen LogP contribution in [0.1, 0.15) is 52.5 Å². The summed E-state index contributed by atoms with van der Waals surface area (Å²) in [4.78, 5) is 0.510. The summed E-state index contributed by atoms with van der Waals surface area (Å²) in [7, 11) is 0. The van der Waals surface area contributed by atoms with Crippen molar-refractivity contribution < 1.29 is 4.74 Å². The lowest BCUT2D eigenvalue weighted by atomic mass is 9.82. The van der Waals surface area contributed by atoms with Gasteiger partial charge in [0.2, 0.25) is 0 Å². The minimum absolute atomic E-state index is 0.0718. The van der Waals surface area contributed by atoms with Crippen molar-refractivity contribution in [3.05, 3.63) is 29.8 Å². The molecular weight excluding hydrogens is 254 g/mol. The zero-order valence-corrected chi connectivity index (χ0v) is 13.2. The Morgan fingerprint density at radius 1 is 1.26 bits per heavy atom. The summed E-state index contributed by atoms with van der Waals surface area (Å²) in [5.41, 5.74) is 7.12. The first kappa shape index (κ1) is 16.0. The molecule has 1 unspecified atom stereocenters. The Bertz CT molecular complexity index is 411. The highest BCUT2D eigenvalue weighted by Gasteiger charge is 2.18. The summed E-state index contributed by atoms with van der Waals surface area (Å²) in [6.07, 6.45) is 2.72. The van der Waals surface area contributed by atoms with Gasteiger partial charge in [0, 0.05) is 6.42 Å². The molecule has 0 heterocycles. The van der Waals surface area contributed by atoms with Gasteiger partial charge in [-0.15, -0.1) is 0 Å².